The van der Waals surface area contributed by atoms with Gasteiger partial charge in [0.25, 0.3) is 0 Å². The summed E-state index contributed by atoms with van der Waals surface area (Å²) < 4.78 is 34.6. The largest absolute Gasteiger partial charge is 0.375 e. The Labute approximate surface area is 203 Å². The second-order valence-electron chi connectivity index (χ2n) is 9.63. The maximum atomic E-state index is 14.2. The van der Waals surface area contributed by atoms with E-state index < -0.39 is 15.1 Å². The van der Waals surface area contributed by atoms with Crippen molar-refractivity contribution in [1.29, 1.82) is 0 Å². The number of hydrogen-bond donors (Lipinski definition) is 0. The van der Waals surface area contributed by atoms with Crippen molar-refractivity contribution < 1.29 is 13.2 Å². The Kier molecular flexibility index (Phi) is 6.87. The van der Waals surface area contributed by atoms with Crippen LogP contribution in [-0.4, -0.2) is 43.8 Å². The Balaban J connectivity index is 1.51. The molecule has 2 fully saturated rings. The van der Waals surface area contributed by atoms with Gasteiger partial charge in [-0.1, -0.05) is 84.8 Å². The number of aryl methyl sites for hydroxylation is 1. The summed E-state index contributed by atoms with van der Waals surface area (Å²) in [6.45, 7) is 3.96. The van der Waals surface area contributed by atoms with Crippen molar-refractivity contribution in [2.45, 2.75) is 60.9 Å². The number of fused-ring (bicyclic) bond motifs is 1. The molecular weight excluding hydrogens is 442 g/mol. The number of rotatable bonds is 7. The van der Waals surface area contributed by atoms with Gasteiger partial charge in [-0.05, 0) is 49.6 Å². The van der Waals surface area contributed by atoms with Crippen molar-refractivity contribution >= 4 is 9.84 Å². The van der Waals surface area contributed by atoms with E-state index >= 15 is 0 Å². The monoisotopic (exact) mass is 475 g/mol. The molecule has 0 bridgehead atoms. The lowest BCUT2D eigenvalue weighted by Crippen LogP contribution is -2.45. The average molecular weight is 476 g/mol. The number of ether oxygens (including phenoxy) is 1. The Morgan fingerprint density at radius 2 is 1.56 bits per heavy atom. The smallest absolute Gasteiger partial charge is 0.183 e. The van der Waals surface area contributed by atoms with Crippen LogP contribution in [0.4, 0.5) is 0 Å². The maximum absolute atomic E-state index is 14.2. The first kappa shape index (κ1) is 23.3. The molecule has 4 nitrogen and oxygen atoms in total. The third-order valence-electron chi connectivity index (χ3n) is 7.46. The van der Waals surface area contributed by atoms with E-state index in [0.717, 1.165) is 42.5 Å². The summed E-state index contributed by atoms with van der Waals surface area (Å²) >= 11 is 0. The molecule has 2 aliphatic heterocycles. The van der Waals surface area contributed by atoms with Crippen molar-refractivity contribution in [2.75, 3.05) is 13.2 Å². The first-order valence-corrected chi connectivity index (χ1v) is 13.8. The van der Waals surface area contributed by atoms with Gasteiger partial charge >= 0.3 is 0 Å². The Bertz CT molecular complexity index is 1180. The van der Waals surface area contributed by atoms with Crippen LogP contribution in [0, 0.1) is 6.92 Å². The van der Waals surface area contributed by atoms with Gasteiger partial charge in [-0.25, -0.2) is 8.42 Å². The molecule has 3 aromatic carbocycles. The molecule has 0 radical (unpaired) electrons. The highest BCUT2D eigenvalue weighted by Gasteiger charge is 2.55. The van der Waals surface area contributed by atoms with Gasteiger partial charge in [0.15, 0.2) is 9.84 Å². The summed E-state index contributed by atoms with van der Waals surface area (Å²) in [5.41, 5.74) is 3.29. The second kappa shape index (κ2) is 10.0. The van der Waals surface area contributed by atoms with Gasteiger partial charge in [-0.15, -0.1) is 0 Å². The van der Waals surface area contributed by atoms with E-state index in [1.807, 2.05) is 55.5 Å². The molecular formula is C29H33NO3S. The van der Waals surface area contributed by atoms with Crippen molar-refractivity contribution in [1.82, 2.24) is 4.90 Å². The topological polar surface area (TPSA) is 46.6 Å². The highest BCUT2D eigenvalue weighted by Crippen LogP contribution is 2.46. The predicted octanol–water partition coefficient (Wildman–Crippen LogP) is 5.37. The van der Waals surface area contributed by atoms with E-state index in [1.165, 1.54) is 0 Å². The van der Waals surface area contributed by atoms with E-state index in [4.69, 9.17) is 4.74 Å². The third-order valence-corrected chi connectivity index (χ3v) is 9.71. The fourth-order valence-corrected chi connectivity index (χ4v) is 8.11. The van der Waals surface area contributed by atoms with Crippen LogP contribution in [-0.2, 0) is 21.2 Å². The molecule has 2 heterocycles. The predicted molar refractivity (Wildman–Crippen MR) is 136 cm³/mol. The molecule has 5 heteroatoms. The number of piperidine rings is 1. The van der Waals surface area contributed by atoms with Crippen molar-refractivity contribution in [3.63, 3.8) is 0 Å². The average Bonchev–Trinajstić information content (AvgIpc) is 3.21. The van der Waals surface area contributed by atoms with Crippen LogP contribution in [0.1, 0.15) is 41.9 Å². The highest BCUT2D eigenvalue weighted by atomic mass is 32.2. The fourth-order valence-electron chi connectivity index (χ4n) is 5.85. The minimum Gasteiger partial charge on any atom is -0.375 e. The quantitative estimate of drug-likeness (QED) is 0.461. The normalized spacial score (nSPS) is 25.2. The molecule has 0 saturated carbocycles. The zero-order valence-electron chi connectivity index (χ0n) is 19.7. The van der Waals surface area contributed by atoms with Gasteiger partial charge in [-0.3, -0.25) is 4.90 Å². The summed E-state index contributed by atoms with van der Waals surface area (Å²) in [5, 5.41) is -0.483. The molecule has 0 N–H and O–H groups in total. The van der Waals surface area contributed by atoms with E-state index in [1.54, 1.807) is 12.1 Å². The molecule has 0 aliphatic carbocycles. The van der Waals surface area contributed by atoms with Crippen LogP contribution in [0.5, 0.6) is 0 Å². The molecule has 0 amide bonds. The van der Waals surface area contributed by atoms with Crippen LogP contribution in [0.3, 0.4) is 0 Å². The summed E-state index contributed by atoms with van der Waals surface area (Å²) in [6, 6.07) is 27.8. The third kappa shape index (κ3) is 4.57. The maximum Gasteiger partial charge on any atom is 0.183 e. The van der Waals surface area contributed by atoms with Gasteiger partial charge in [0, 0.05) is 18.0 Å². The zero-order valence-corrected chi connectivity index (χ0v) is 20.5. The van der Waals surface area contributed by atoms with Crippen LogP contribution in [0.2, 0.25) is 0 Å². The summed E-state index contributed by atoms with van der Waals surface area (Å²) in [5.74, 6) is -0.133. The molecule has 34 heavy (non-hydrogen) atoms. The van der Waals surface area contributed by atoms with Crippen LogP contribution in [0.15, 0.2) is 89.8 Å². The summed E-state index contributed by atoms with van der Waals surface area (Å²) in [4.78, 5) is 2.88. The minimum absolute atomic E-state index is 0.00980. The summed E-state index contributed by atoms with van der Waals surface area (Å²) in [7, 11) is -3.53. The number of sulfone groups is 1. The first-order chi connectivity index (χ1) is 16.6. The molecule has 3 aromatic rings. The fraction of sp³-hybridized carbons (Fsp3) is 0.379. The Hall–Kier alpha value is -2.47. The molecule has 4 atom stereocenters. The highest BCUT2D eigenvalue weighted by molar-refractivity contribution is 7.92. The number of hydrogen-bond acceptors (Lipinski definition) is 4. The van der Waals surface area contributed by atoms with Gasteiger partial charge in [0.1, 0.15) is 0 Å². The molecule has 0 unspecified atom stereocenters. The van der Waals surface area contributed by atoms with Gasteiger partial charge in [0.2, 0.25) is 0 Å². The van der Waals surface area contributed by atoms with Gasteiger partial charge < -0.3 is 4.74 Å². The first-order valence-electron chi connectivity index (χ1n) is 12.3. The SMILES string of the molecule is Cc1ccc(S(=O)(=O)[C@@H]2[C@@H](c3ccccc3)[C@H](COCc3ccccc3)N3CCCC[C@H]23)cc1. The van der Waals surface area contributed by atoms with Crippen molar-refractivity contribution in [3.05, 3.63) is 102 Å². The van der Waals surface area contributed by atoms with Crippen molar-refractivity contribution in [3.8, 4) is 0 Å². The van der Waals surface area contributed by atoms with E-state index in [9.17, 15) is 8.42 Å². The summed E-state index contributed by atoms with van der Waals surface area (Å²) in [6.07, 6.45) is 3.08. The Morgan fingerprint density at radius 3 is 2.26 bits per heavy atom. The standard InChI is InChI=1S/C29H33NO3S/c1-22-15-17-25(18-16-22)34(31,32)29-26-14-8-9-19-30(26)27(28(29)24-12-6-3-7-13-24)21-33-20-23-10-4-2-5-11-23/h2-7,10-13,15-18,26-29H,8-9,14,19-21H2,1H3/t26-,27+,28+,29+/m1/s1. The number of benzene rings is 3. The van der Waals surface area contributed by atoms with E-state index in [0.29, 0.717) is 18.1 Å². The lowest BCUT2D eigenvalue weighted by Gasteiger charge is -2.35. The molecule has 0 aromatic heterocycles. The zero-order chi connectivity index (χ0) is 23.5. The van der Waals surface area contributed by atoms with Crippen molar-refractivity contribution in [2.24, 2.45) is 0 Å². The second-order valence-corrected chi connectivity index (χ2v) is 11.7. The molecule has 0 spiro atoms. The molecule has 178 valence electrons. The molecule has 5 rings (SSSR count). The van der Waals surface area contributed by atoms with E-state index in [2.05, 4.69) is 29.2 Å². The van der Waals surface area contributed by atoms with Crippen LogP contribution < -0.4 is 0 Å². The van der Waals surface area contributed by atoms with Gasteiger partial charge in [-0.2, -0.15) is 0 Å². The van der Waals surface area contributed by atoms with Gasteiger partial charge in [0.05, 0.1) is 23.4 Å². The lowest BCUT2D eigenvalue weighted by atomic mass is 9.90. The van der Waals surface area contributed by atoms with E-state index in [-0.39, 0.29) is 18.0 Å². The Morgan fingerprint density at radius 1 is 0.882 bits per heavy atom. The lowest BCUT2D eigenvalue weighted by molar-refractivity contribution is 0.0423. The molecule has 2 aliphatic rings. The van der Waals surface area contributed by atoms with Crippen LogP contribution >= 0.6 is 0 Å². The number of nitrogens with zero attached hydrogens (tertiary/aromatic N) is 1. The van der Waals surface area contributed by atoms with Crippen LogP contribution in [0.25, 0.3) is 0 Å². The molecule has 2 saturated heterocycles. The minimum atomic E-state index is -3.53.